The van der Waals surface area contributed by atoms with Crippen molar-refractivity contribution in [1.29, 1.82) is 0 Å². The van der Waals surface area contributed by atoms with Gasteiger partial charge in [-0.1, -0.05) is 40.2 Å². The topological polar surface area (TPSA) is 75.7 Å². The first kappa shape index (κ1) is 22.8. The number of rotatable bonds is 7. The summed E-state index contributed by atoms with van der Waals surface area (Å²) in [5, 5.41) is 2.80. The molecule has 1 N–H and O–H groups in total. The smallest absolute Gasteiger partial charge is 0.268 e. The number of hydrogen-bond donors (Lipinski definition) is 1. The maximum absolute atomic E-state index is 13.6. The molecule has 162 valence electrons. The molecule has 0 bridgehead atoms. The fraction of sp³-hybridized carbons (Fsp3) is 0.174. The van der Waals surface area contributed by atoms with Crippen LogP contribution < -0.4 is 14.4 Å². The van der Waals surface area contributed by atoms with Gasteiger partial charge in [0.1, 0.15) is 17.2 Å². The lowest BCUT2D eigenvalue weighted by molar-refractivity contribution is -0.114. The summed E-state index contributed by atoms with van der Waals surface area (Å²) in [5.74, 6) is -0.259. The Kier molecular flexibility index (Phi) is 7.02. The third-order valence-corrected chi connectivity index (χ3v) is 6.82. The van der Waals surface area contributed by atoms with Crippen molar-refractivity contribution in [2.75, 3.05) is 23.3 Å². The number of amides is 1. The predicted molar refractivity (Wildman–Crippen MR) is 126 cm³/mol. The zero-order chi connectivity index (χ0) is 22.6. The van der Waals surface area contributed by atoms with Crippen LogP contribution in [-0.2, 0) is 14.8 Å². The summed E-state index contributed by atoms with van der Waals surface area (Å²) in [5.41, 5.74) is 3.00. The first-order valence-electron chi connectivity index (χ1n) is 9.50. The van der Waals surface area contributed by atoms with Crippen molar-refractivity contribution in [2.45, 2.75) is 18.7 Å². The van der Waals surface area contributed by atoms with Gasteiger partial charge in [0.05, 0.1) is 12.8 Å². The molecule has 0 spiro atoms. The van der Waals surface area contributed by atoms with Crippen LogP contribution in [0.1, 0.15) is 11.1 Å². The summed E-state index contributed by atoms with van der Waals surface area (Å²) in [6, 6.07) is 18.9. The van der Waals surface area contributed by atoms with Gasteiger partial charge in [-0.3, -0.25) is 9.10 Å². The summed E-state index contributed by atoms with van der Waals surface area (Å²) in [7, 11) is -2.70. The highest BCUT2D eigenvalue weighted by atomic mass is 79.9. The Hall–Kier alpha value is -2.84. The second kappa shape index (κ2) is 9.53. The van der Waals surface area contributed by atoms with E-state index in [2.05, 4.69) is 21.2 Å². The van der Waals surface area contributed by atoms with Crippen LogP contribution in [-0.4, -0.2) is 28.0 Å². The lowest BCUT2D eigenvalue weighted by Crippen LogP contribution is -2.38. The average molecular weight is 503 g/mol. The largest absolute Gasteiger partial charge is 0.495 e. The molecule has 0 aliphatic rings. The Balaban J connectivity index is 1.99. The molecule has 0 aromatic heterocycles. The van der Waals surface area contributed by atoms with Gasteiger partial charge in [-0.05, 0) is 67.4 Å². The van der Waals surface area contributed by atoms with Gasteiger partial charge in [-0.25, -0.2) is 8.42 Å². The average Bonchev–Trinajstić information content (AvgIpc) is 2.71. The van der Waals surface area contributed by atoms with Crippen LogP contribution >= 0.6 is 15.9 Å². The molecule has 8 heteroatoms. The van der Waals surface area contributed by atoms with E-state index in [9.17, 15) is 13.2 Å². The fourth-order valence-electron chi connectivity index (χ4n) is 3.26. The van der Waals surface area contributed by atoms with Gasteiger partial charge in [-0.2, -0.15) is 0 Å². The van der Waals surface area contributed by atoms with Gasteiger partial charge in [0.25, 0.3) is 10.0 Å². The van der Waals surface area contributed by atoms with Gasteiger partial charge in [0.2, 0.25) is 5.91 Å². The number of anilines is 2. The van der Waals surface area contributed by atoms with Crippen LogP contribution in [0.4, 0.5) is 11.4 Å². The molecule has 31 heavy (non-hydrogen) atoms. The summed E-state index contributed by atoms with van der Waals surface area (Å²) in [6.45, 7) is 3.47. The van der Waals surface area contributed by atoms with Crippen LogP contribution in [0.15, 0.2) is 76.1 Å². The molecule has 0 unspecified atom stereocenters. The standard InChI is InChI=1S/C23H23BrN2O4S/c1-16-11-17(2)13-19(12-16)25-23(27)15-26(20-7-5-4-6-8-20)31(28,29)22-14-18(24)9-10-21(22)30-3/h4-14H,15H2,1-3H3,(H,25,27). The van der Waals surface area contributed by atoms with Crippen molar-refractivity contribution < 1.29 is 17.9 Å². The van der Waals surface area contributed by atoms with E-state index in [0.29, 0.717) is 15.8 Å². The van der Waals surface area contributed by atoms with Crippen LogP contribution in [0.2, 0.25) is 0 Å². The molecular formula is C23H23BrN2O4S. The third kappa shape index (κ3) is 5.45. The van der Waals surface area contributed by atoms with E-state index in [1.165, 1.54) is 13.2 Å². The number of ether oxygens (including phenoxy) is 1. The van der Waals surface area contributed by atoms with Crippen molar-refractivity contribution in [2.24, 2.45) is 0 Å². The number of nitrogens with zero attached hydrogens (tertiary/aromatic N) is 1. The molecule has 0 heterocycles. The quantitative estimate of drug-likeness (QED) is 0.497. The van der Waals surface area contributed by atoms with Gasteiger partial charge in [0.15, 0.2) is 0 Å². The first-order chi connectivity index (χ1) is 14.7. The number of para-hydroxylation sites is 1. The number of sulfonamides is 1. The van der Waals surface area contributed by atoms with E-state index in [1.54, 1.807) is 42.5 Å². The van der Waals surface area contributed by atoms with Crippen molar-refractivity contribution in [3.63, 3.8) is 0 Å². The Labute approximate surface area is 191 Å². The highest BCUT2D eigenvalue weighted by molar-refractivity contribution is 9.10. The molecule has 1 amide bonds. The van der Waals surface area contributed by atoms with E-state index >= 15 is 0 Å². The highest BCUT2D eigenvalue weighted by Gasteiger charge is 2.30. The first-order valence-corrected chi connectivity index (χ1v) is 11.7. The van der Waals surface area contributed by atoms with Crippen LogP contribution in [0.25, 0.3) is 0 Å². The lowest BCUT2D eigenvalue weighted by atomic mass is 10.1. The van der Waals surface area contributed by atoms with Crippen molar-refractivity contribution in [3.05, 3.63) is 82.3 Å². The van der Waals surface area contributed by atoms with E-state index in [-0.39, 0.29) is 10.6 Å². The van der Waals surface area contributed by atoms with Crippen molar-refractivity contribution in [3.8, 4) is 5.75 Å². The van der Waals surface area contributed by atoms with Crippen molar-refractivity contribution in [1.82, 2.24) is 0 Å². The van der Waals surface area contributed by atoms with Crippen LogP contribution in [0.3, 0.4) is 0 Å². The monoisotopic (exact) mass is 502 g/mol. The molecule has 0 radical (unpaired) electrons. The molecule has 3 aromatic rings. The van der Waals surface area contributed by atoms with Gasteiger partial charge in [-0.15, -0.1) is 0 Å². The zero-order valence-corrected chi connectivity index (χ0v) is 19.8. The Morgan fingerprint density at radius 2 is 1.65 bits per heavy atom. The molecule has 0 saturated heterocycles. The molecule has 0 fully saturated rings. The SMILES string of the molecule is COc1ccc(Br)cc1S(=O)(=O)N(CC(=O)Nc1cc(C)cc(C)c1)c1ccccc1. The molecule has 0 atom stereocenters. The molecule has 3 aromatic carbocycles. The number of carbonyl (C=O) groups excluding carboxylic acids is 1. The Morgan fingerprint density at radius 3 is 2.26 bits per heavy atom. The minimum Gasteiger partial charge on any atom is -0.495 e. The maximum atomic E-state index is 13.6. The maximum Gasteiger partial charge on any atom is 0.268 e. The van der Waals surface area contributed by atoms with Gasteiger partial charge < -0.3 is 10.1 Å². The van der Waals surface area contributed by atoms with E-state index in [0.717, 1.165) is 15.4 Å². The van der Waals surface area contributed by atoms with E-state index in [1.807, 2.05) is 32.0 Å². The Morgan fingerprint density at radius 1 is 1.00 bits per heavy atom. The highest BCUT2D eigenvalue weighted by Crippen LogP contribution is 2.32. The summed E-state index contributed by atoms with van der Waals surface area (Å²) in [6.07, 6.45) is 0. The normalized spacial score (nSPS) is 11.1. The summed E-state index contributed by atoms with van der Waals surface area (Å²) < 4.78 is 34.1. The summed E-state index contributed by atoms with van der Waals surface area (Å²) in [4.78, 5) is 12.8. The molecule has 0 saturated carbocycles. The van der Waals surface area contributed by atoms with Gasteiger partial charge >= 0.3 is 0 Å². The number of hydrogen-bond acceptors (Lipinski definition) is 4. The third-order valence-electron chi connectivity index (χ3n) is 4.53. The summed E-state index contributed by atoms with van der Waals surface area (Å²) >= 11 is 3.31. The number of halogens is 1. The van der Waals surface area contributed by atoms with Crippen molar-refractivity contribution >= 4 is 43.2 Å². The second-order valence-corrected chi connectivity index (χ2v) is 9.81. The molecule has 0 aliphatic carbocycles. The fourth-order valence-corrected chi connectivity index (χ4v) is 5.38. The molecule has 3 rings (SSSR count). The van der Waals surface area contributed by atoms with Gasteiger partial charge in [0, 0.05) is 10.2 Å². The molecule has 6 nitrogen and oxygen atoms in total. The second-order valence-electron chi connectivity index (χ2n) is 7.07. The number of methoxy groups -OCH3 is 1. The number of nitrogens with one attached hydrogen (secondary N) is 1. The van der Waals surface area contributed by atoms with Crippen LogP contribution in [0, 0.1) is 13.8 Å². The number of aryl methyl sites for hydroxylation is 2. The number of benzene rings is 3. The van der Waals surface area contributed by atoms with E-state index in [4.69, 9.17) is 4.74 Å². The minimum absolute atomic E-state index is 0.0348. The van der Waals surface area contributed by atoms with Crippen LogP contribution in [0.5, 0.6) is 5.75 Å². The predicted octanol–water partition coefficient (Wildman–Crippen LogP) is 4.91. The number of carbonyl (C=O) groups is 1. The zero-order valence-electron chi connectivity index (χ0n) is 17.4. The molecular weight excluding hydrogens is 480 g/mol. The Bertz CT molecular complexity index is 1180. The minimum atomic E-state index is -4.11. The van der Waals surface area contributed by atoms with E-state index < -0.39 is 22.5 Å². The molecule has 0 aliphatic heterocycles. The lowest BCUT2D eigenvalue weighted by Gasteiger charge is -2.25.